The summed E-state index contributed by atoms with van der Waals surface area (Å²) in [6.07, 6.45) is 3.16. The quantitative estimate of drug-likeness (QED) is 0.609. The zero-order valence-electron chi connectivity index (χ0n) is 10.5. The molecule has 1 saturated heterocycles. The topological polar surface area (TPSA) is 92.5 Å². The fourth-order valence-electron chi connectivity index (χ4n) is 2.58. The Morgan fingerprint density at radius 1 is 1.28 bits per heavy atom. The van der Waals surface area contributed by atoms with Gasteiger partial charge in [0.1, 0.15) is 12.6 Å². The van der Waals surface area contributed by atoms with Gasteiger partial charge in [0, 0.05) is 12.0 Å². The number of nitrogens with one attached hydrogen (secondary N) is 1. The van der Waals surface area contributed by atoms with Crippen LogP contribution in [0.4, 0.5) is 0 Å². The second kappa shape index (κ2) is 5.06. The van der Waals surface area contributed by atoms with Gasteiger partial charge in [0.05, 0.1) is 0 Å². The Hall–Kier alpha value is -1.43. The van der Waals surface area contributed by atoms with E-state index in [-0.39, 0.29) is 24.4 Å². The minimum Gasteiger partial charge on any atom is -0.328 e. The molecule has 1 aliphatic heterocycles. The number of carbonyl (C=O) groups is 3. The molecule has 1 atom stereocenters. The molecule has 1 heterocycles. The number of amides is 3. The Morgan fingerprint density at radius 3 is 2.50 bits per heavy atom. The zero-order valence-corrected chi connectivity index (χ0v) is 10.5. The van der Waals surface area contributed by atoms with Crippen LogP contribution in [0.1, 0.15) is 32.6 Å². The standard InChI is InChI=1S/C12H19N3O3/c1-7-11(17)14-10(16)6-15(7)12(18)8-2-4-9(13)5-3-8/h7-9H,2-6,13H2,1H3,(H,14,16,17). The lowest BCUT2D eigenvalue weighted by molar-refractivity contribution is -0.152. The van der Waals surface area contributed by atoms with Gasteiger partial charge in [-0.1, -0.05) is 0 Å². The SMILES string of the molecule is CC1C(=O)NC(=O)CN1C(=O)C1CCC(N)CC1. The molecule has 0 radical (unpaired) electrons. The van der Waals surface area contributed by atoms with Crippen LogP contribution in [0.25, 0.3) is 0 Å². The lowest BCUT2D eigenvalue weighted by Crippen LogP contribution is -2.59. The highest BCUT2D eigenvalue weighted by atomic mass is 16.2. The van der Waals surface area contributed by atoms with Crippen molar-refractivity contribution in [3.63, 3.8) is 0 Å². The molecule has 3 amide bonds. The Morgan fingerprint density at radius 2 is 1.89 bits per heavy atom. The van der Waals surface area contributed by atoms with E-state index in [1.165, 1.54) is 4.90 Å². The Bertz CT molecular complexity index is 375. The van der Waals surface area contributed by atoms with Crippen molar-refractivity contribution in [3.8, 4) is 0 Å². The van der Waals surface area contributed by atoms with Crippen LogP contribution in [0.2, 0.25) is 0 Å². The third-order valence-electron chi connectivity index (χ3n) is 3.83. The molecule has 2 fully saturated rings. The molecule has 0 bridgehead atoms. The number of hydrogen-bond acceptors (Lipinski definition) is 4. The highest BCUT2D eigenvalue weighted by Gasteiger charge is 2.37. The number of nitrogens with zero attached hydrogens (tertiary/aromatic N) is 1. The summed E-state index contributed by atoms with van der Waals surface area (Å²) in [6, 6.07) is -0.386. The van der Waals surface area contributed by atoms with Crippen LogP contribution >= 0.6 is 0 Å². The van der Waals surface area contributed by atoms with E-state index in [1.54, 1.807) is 6.92 Å². The number of carbonyl (C=O) groups excluding carboxylic acids is 3. The minimum absolute atomic E-state index is 0.0196. The van der Waals surface area contributed by atoms with Crippen LogP contribution < -0.4 is 11.1 Å². The molecule has 18 heavy (non-hydrogen) atoms. The molecular weight excluding hydrogens is 234 g/mol. The Kier molecular flexibility index (Phi) is 3.65. The van der Waals surface area contributed by atoms with Crippen molar-refractivity contribution in [3.05, 3.63) is 0 Å². The van der Waals surface area contributed by atoms with Crippen LogP contribution in [0.5, 0.6) is 0 Å². The van der Waals surface area contributed by atoms with Gasteiger partial charge in [-0.2, -0.15) is 0 Å². The van der Waals surface area contributed by atoms with E-state index in [4.69, 9.17) is 5.73 Å². The second-order valence-electron chi connectivity index (χ2n) is 5.17. The van der Waals surface area contributed by atoms with E-state index in [0.717, 1.165) is 25.7 Å². The molecule has 1 unspecified atom stereocenters. The molecule has 0 spiro atoms. The number of imide groups is 1. The monoisotopic (exact) mass is 253 g/mol. The highest BCUT2D eigenvalue weighted by molar-refractivity contribution is 6.04. The fourth-order valence-corrected chi connectivity index (χ4v) is 2.58. The van der Waals surface area contributed by atoms with Crippen LogP contribution in [0.15, 0.2) is 0 Å². The first-order chi connectivity index (χ1) is 8.49. The number of piperazine rings is 1. The molecule has 0 aromatic rings. The average Bonchev–Trinajstić information content (AvgIpc) is 2.34. The molecule has 0 aromatic carbocycles. The predicted octanol–water partition coefficient (Wildman–Crippen LogP) is -0.623. The minimum atomic E-state index is -0.564. The maximum absolute atomic E-state index is 12.3. The molecule has 0 aromatic heterocycles. The van der Waals surface area contributed by atoms with E-state index < -0.39 is 17.9 Å². The van der Waals surface area contributed by atoms with Gasteiger partial charge < -0.3 is 10.6 Å². The summed E-state index contributed by atoms with van der Waals surface area (Å²) < 4.78 is 0. The summed E-state index contributed by atoms with van der Waals surface area (Å²) in [7, 11) is 0. The third kappa shape index (κ3) is 2.53. The first kappa shape index (κ1) is 13.0. The largest absolute Gasteiger partial charge is 0.328 e. The Balaban J connectivity index is 2.03. The van der Waals surface area contributed by atoms with Gasteiger partial charge in [-0.15, -0.1) is 0 Å². The van der Waals surface area contributed by atoms with E-state index >= 15 is 0 Å². The number of rotatable bonds is 1. The average molecular weight is 253 g/mol. The second-order valence-corrected chi connectivity index (χ2v) is 5.17. The normalized spacial score (nSPS) is 33.2. The summed E-state index contributed by atoms with van der Waals surface area (Å²) in [5.74, 6) is -0.977. The highest BCUT2D eigenvalue weighted by Crippen LogP contribution is 2.26. The van der Waals surface area contributed by atoms with E-state index in [2.05, 4.69) is 5.32 Å². The summed E-state index contributed by atoms with van der Waals surface area (Å²) in [4.78, 5) is 36.5. The van der Waals surface area contributed by atoms with Crippen LogP contribution in [-0.4, -0.2) is 41.2 Å². The molecule has 1 aliphatic carbocycles. The van der Waals surface area contributed by atoms with Crippen molar-refractivity contribution in [1.29, 1.82) is 0 Å². The van der Waals surface area contributed by atoms with Crippen LogP contribution in [0, 0.1) is 5.92 Å². The van der Waals surface area contributed by atoms with Gasteiger partial charge >= 0.3 is 0 Å². The van der Waals surface area contributed by atoms with Crippen molar-refractivity contribution < 1.29 is 14.4 Å². The van der Waals surface area contributed by atoms with Gasteiger partial charge in [0.2, 0.25) is 17.7 Å². The summed E-state index contributed by atoms with van der Waals surface area (Å²) in [6.45, 7) is 1.63. The van der Waals surface area contributed by atoms with Gasteiger partial charge in [-0.3, -0.25) is 19.7 Å². The van der Waals surface area contributed by atoms with E-state index in [1.807, 2.05) is 0 Å². The zero-order chi connectivity index (χ0) is 13.3. The summed E-state index contributed by atoms with van der Waals surface area (Å²) in [5.41, 5.74) is 5.80. The molecule has 1 saturated carbocycles. The van der Waals surface area contributed by atoms with E-state index in [0.29, 0.717) is 0 Å². The van der Waals surface area contributed by atoms with Crippen molar-refractivity contribution in [1.82, 2.24) is 10.2 Å². The smallest absolute Gasteiger partial charge is 0.249 e. The maximum Gasteiger partial charge on any atom is 0.249 e. The van der Waals surface area contributed by atoms with E-state index in [9.17, 15) is 14.4 Å². The molecular formula is C12H19N3O3. The van der Waals surface area contributed by atoms with Gasteiger partial charge in [-0.25, -0.2) is 0 Å². The molecule has 6 nitrogen and oxygen atoms in total. The van der Waals surface area contributed by atoms with Gasteiger partial charge in [-0.05, 0) is 32.6 Å². The van der Waals surface area contributed by atoms with Crippen LogP contribution in [0.3, 0.4) is 0 Å². The first-order valence-corrected chi connectivity index (χ1v) is 6.38. The fraction of sp³-hybridized carbons (Fsp3) is 0.750. The molecule has 6 heteroatoms. The van der Waals surface area contributed by atoms with Crippen molar-refractivity contribution in [2.45, 2.75) is 44.7 Å². The molecule has 2 rings (SSSR count). The van der Waals surface area contributed by atoms with Crippen molar-refractivity contribution >= 4 is 17.7 Å². The molecule has 3 N–H and O–H groups in total. The molecule has 2 aliphatic rings. The lowest BCUT2D eigenvalue weighted by Gasteiger charge is -2.36. The molecule has 100 valence electrons. The lowest BCUT2D eigenvalue weighted by atomic mass is 9.85. The Labute approximate surface area is 106 Å². The third-order valence-corrected chi connectivity index (χ3v) is 3.83. The van der Waals surface area contributed by atoms with Gasteiger partial charge in [0.25, 0.3) is 0 Å². The van der Waals surface area contributed by atoms with Crippen LogP contribution in [-0.2, 0) is 14.4 Å². The number of nitrogens with two attached hydrogens (primary N) is 1. The maximum atomic E-state index is 12.3. The first-order valence-electron chi connectivity index (χ1n) is 6.38. The van der Waals surface area contributed by atoms with Crippen molar-refractivity contribution in [2.75, 3.05) is 6.54 Å². The summed E-state index contributed by atoms with van der Waals surface area (Å²) >= 11 is 0. The predicted molar refractivity (Wildman–Crippen MR) is 64.3 cm³/mol. The number of hydrogen-bond donors (Lipinski definition) is 2. The summed E-state index contributed by atoms with van der Waals surface area (Å²) in [5, 5.41) is 2.23. The van der Waals surface area contributed by atoms with Crippen molar-refractivity contribution in [2.24, 2.45) is 11.7 Å². The van der Waals surface area contributed by atoms with Gasteiger partial charge in [0.15, 0.2) is 0 Å².